The van der Waals surface area contributed by atoms with Crippen LogP contribution in [-0.4, -0.2) is 43.3 Å². The van der Waals surface area contributed by atoms with Crippen LogP contribution in [0.1, 0.15) is 162 Å². The van der Waals surface area contributed by atoms with Gasteiger partial charge in [-0.05, 0) is 96.0 Å². The van der Waals surface area contributed by atoms with E-state index in [1.165, 1.54) is 70.6 Å². The molecule has 2 atom stereocenters. The first-order valence-electron chi connectivity index (χ1n) is 21.1. The Kier molecular flexibility index (Phi) is 39.8. The van der Waals surface area contributed by atoms with Crippen LogP contribution in [0.4, 0.5) is 0 Å². The Morgan fingerprint density at radius 3 is 1.59 bits per heavy atom. The van der Waals surface area contributed by atoms with E-state index in [2.05, 4.69) is 86.8 Å². The van der Waals surface area contributed by atoms with Crippen LogP contribution in [0.2, 0.25) is 0 Å². The number of hydrogen-bond acceptors (Lipinski definition) is 7. The van der Waals surface area contributed by atoms with Crippen molar-refractivity contribution in [3.8, 4) is 0 Å². The number of carbonyl (C=O) groups is 1. The lowest BCUT2D eigenvalue weighted by atomic mass is 10.1. The highest BCUT2D eigenvalue weighted by atomic mass is 31.2. The van der Waals surface area contributed by atoms with E-state index in [1.807, 2.05) is 6.08 Å². The molecule has 9 heteroatoms. The topological polar surface area (TPSA) is 117 Å². The van der Waals surface area contributed by atoms with E-state index in [-0.39, 0.29) is 38.8 Å². The number of carbonyl (C=O) groups excluding carboxylic acids is 1. The molecule has 3 N–H and O–H groups in total. The number of hydrogen-bond donors (Lipinski definition) is 2. The van der Waals surface area contributed by atoms with Crippen LogP contribution in [0.3, 0.4) is 0 Å². The molecule has 0 saturated carbocycles. The average Bonchev–Trinajstić information content (AvgIpc) is 3.16. The zero-order chi connectivity index (χ0) is 39.5. The SMILES string of the molecule is CC/C=C\C/C=C\C/C=C\C/C=C\C/C=C\CCCCCC(=O)O[C@H](CO/C=C\CCCCCCCC/C=C\CCCCCC)COP(=O)(O)OCCN. The van der Waals surface area contributed by atoms with Crippen molar-refractivity contribution in [1.29, 1.82) is 0 Å². The molecular weight excluding hydrogens is 697 g/mol. The Bertz CT molecular complexity index is 1100. The molecule has 0 spiro atoms. The van der Waals surface area contributed by atoms with Crippen molar-refractivity contribution in [2.45, 2.75) is 168 Å². The molecule has 0 aromatic heterocycles. The number of esters is 1. The number of ether oxygens (including phenoxy) is 2. The quantitative estimate of drug-likeness (QED) is 0.0208. The van der Waals surface area contributed by atoms with E-state index in [0.29, 0.717) is 6.42 Å². The van der Waals surface area contributed by atoms with E-state index in [9.17, 15) is 14.3 Å². The minimum absolute atomic E-state index is 0.0103. The first kappa shape index (κ1) is 51.5. The number of allylic oxidation sites excluding steroid dienone is 13. The molecule has 0 aromatic rings. The largest absolute Gasteiger partial charge is 0.498 e. The van der Waals surface area contributed by atoms with Crippen molar-refractivity contribution in [1.82, 2.24) is 0 Å². The van der Waals surface area contributed by atoms with E-state index in [4.69, 9.17) is 24.3 Å². The summed E-state index contributed by atoms with van der Waals surface area (Å²) < 4.78 is 33.1. The van der Waals surface area contributed by atoms with Crippen molar-refractivity contribution in [2.24, 2.45) is 5.73 Å². The third kappa shape index (κ3) is 40.7. The van der Waals surface area contributed by atoms with Gasteiger partial charge in [0.15, 0.2) is 6.10 Å². The zero-order valence-electron chi connectivity index (χ0n) is 34.2. The number of rotatable bonds is 39. The van der Waals surface area contributed by atoms with E-state index in [0.717, 1.165) is 64.2 Å². The molecule has 0 rings (SSSR count). The van der Waals surface area contributed by atoms with Gasteiger partial charge in [0.25, 0.3) is 0 Å². The number of unbranched alkanes of at least 4 members (excludes halogenated alkanes) is 14. The summed E-state index contributed by atoms with van der Waals surface area (Å²) in [6.45, 7) is 4.05. The molecule has 0 radical (unpaired) electrons. The van der Waals surface area contributed by atoms with Gasteiger partial charge in [0.1, 0.15) is 6.61 Å². The van der Waals surface area contributed by atoms with Gasteiger partial charge in [0.05, 0.1) is 19.5 Å². The molecule has 0 aliphatic rings. The van der Waals surface area contributed by atoms with Crippen LogP contribution in [0.15, 0.2) is 85.3 Å². The summed E-state index contributed by atoms with van der Waals surface area (Å²) in [7, 11) is -4.31. The Hall–Kier alpha value is -2.48. The number of phosphoric ester groups is 1. The van der Waals surface area contributed by atoms with Gasteiger partial charge < -0.3 is 20.1 Å². The van der Waals surface area contributed by atoms with Crippen LogP contribution in [-0.2, 0) is 27.9 Å². The molecule has 0 aliphatic carbocycles. The Morgan fingerprint density at radius 2 is 1.06 bits per heavy atom. The minimum Gasteiger partial charge on any atom is -0.498 e. The molecular formula is C45H78NO7P. The highest BCUT2D eigenvalue weighted by molar-refractivity contribution is 7.47. The predicted octanol–water partition coefficient (Wildman–Crippen LogP) is 12.9. The van der Waals surface area contributed by atoms with Gasteiger partial charge in [-0.3, -0.25) is 13.8 Å². The number of phosphoric acid groups is 1. The molecule has 1 unspecified atom stereocenters. The van der Waals surface area contributed by atoms with E-state index in [1.54, 1.807) is 6.26 Å². The first-order valence-corrected chi connectivity index (χ1v) is 22.6. The van der Waals surface area contributed by atoms with Crippen molar-refractivity contribution in [2.75, 3.05) is 26.4 Å². The Balaban J connectivity index is 4.20. The van der Waals surface area contributed by atoms with Crippen molar-refractivity contribution >= 4 is 13.8 Å². The van der Waals surface area contributed by atoms with Crippen molar-refractivity contribution < 1.29 is 32.8 Å². The van der Waals surface area contributed by atoms with Gasteiger partial charge in [-0.25, -0.2) is 4.57 Å². The van der Waals surface area contributed by atoms with Gasteiger partial charge in [-0.15, -0.1) is 0 Å². The van der Waals surface area contributed by atoms with Gasteiger partial charge >= 0.3 is 13.8 Å². The zero-order valence-corrected chi connectivity index (χ0v) is 35.1. The maximum absolute atomic E-state index is 12.6. The normalized spacial score (nSPS) is 14.3. The fourth-order valence-corrected chi connectivity index (χ4v) is 6.04. The van der Waals surface area contributed by atoms with Gasteiger partial charge in [-0.1, -0.05) is 138 Å². The Morgan fingerprint density at radius 1 is 0.593 bits per heavy atom. The van der Waals surface area contributed by atoms with Crippen LogP contribution in [0.25, 0.3) is 0 Å². The summed E-state index contributed by atoms with van der Waals surface area (Å²) in [4.78, 5) is 22.4. The van der Waals surface area contributed by atoms with Crippen LogP contribution >= 0.6 is 7.82 Å². The van der Waals surface area contributed by atoms with Crippen LogP contribution in [0, 0.1) is 0 Å². The summed E-state index contributed by atoms with van der Waals surface area (Å²) >= 11 is 0. The second kappa shape index (κ2) is 41.7. The standard InChI is InChI=1S/C45H78NO7P/c1-3-5-7-9-11-13-15-17-19-21-22-23-24-26-28-30-32-34-36-38-45(47)53-44(43-52-54(48,49)51-41-39-46)42-50-40-37-35-33-31-29-27-25-20-18-16-14-12-10-8-6-4-2/h5,7,11,13-14,16-17,19,22-23,26,28,37,40,44H,3-4,6,8-10,12,15,18,20-21,24-25,27,29-36,38-39,41-43,46H2,1-2H3,(H,48,49)/b7-5-,13-11-,16-14-,19-17-,23-22-,28-26-,40-37-/t44-/m1/s1. The summed E-state index contributed by atoms with van der Waals surface area (Å²) in [5.74, 6) is -0.389. The molecule has 0 heterocycles. The molecule has 0 amide bonds. The third-order valence-corrected chi connectivity index (χ3v) is 9.34. The summed E-state index contributed by atoms with van der Waals surface area (Å²) in [5.41, 5.74) is 5.36. The molecule has 0 aliphatic heterocycles. The monoisotopic (exact) mass is 776 g/mol. The van der Waals surface area contributed by atoms with E-state index < -0.39 is 13.9 Å². The third-order valence-electron chi connectivity index (χ3n) is 8.36. The molecule has 8 nitrogen and oxygen atoms in total. The Labute approximate surface area is 330 Å². The summed E-state index contributed by atoms with van der Waals surface area (Å²) in [6.07, 6.45) is 54.0. The summed E-state index contributed by atoms with van der Waals surface area (Å²) in [5, 5.41) is 0. The smallest absolute Gasteiger partial charge is 0.472 e. The molecule has 0 bridgehead atoms. The number of nitrogens with two attached hydrogens (primary N) is 1. The average molecular weight is 776 g/mol. The van der Waals surface area contributed by atoms with Gasteiger partial charge in [0.2, 0.25) is 0 Å². The van der Waals surface area contributed by atoms with Crippen molar-refractivity contribution in [3.63, 3.8) is 0 Å². The maximum Gasteiger partial charge on any atom is 0.472 e. The summed E-state index contributed by atoms with van der Waals surface area (Å²) in [6, 6.07) is 0. The minimum atomic E-state index is -4.31. The van der Waals surface area contributed by atoms with Crippen LogP contribution < -0.4 is 5.73 Å². The highest BCUT2D eigenvalue weighted by Gasteiger charge is 2.25. The lowest BCUT2D eigenvalue weighted by molar-refractivity contribution is -0.153. The first-order chi connectivity index (χ1) is 26.4. The van der Waals surface area contributed by atoms with Gasteiger partial charge in [-0.2, -0.15) is 0 Å². The fraction of sp³-hybridized carbons (Fsp3) is 0.667. The molecule has 0 aromatic carbocycles. The maximum atomic E-state index is 12.6. The molecule has 310 valence electrons. The molecule has 0 saturated heterocycles. The lowest BCUT2D eigenvalue weighted by Crippen LogP contribution is -2.27. The fourth-order valence-electron chi connectivity index (χ4n) is 5.28. The predicted molar refractivity (Wildman–Crippen MR) is 228 cm³/mol. The second-order valence-corrected chi connectivity index (χ2v) is 15.0. The van der Waals surface area contributed by atoms with Crippen molar-refractivity contribution in [3.05, 3.63) is 85.3 Å². The molecule has 54 heavy (non-hydrogen) atoms. The lowest BCUT2D eigenvalue weighted by Gasteiger charge is -2.19. The van der Waals surface area contributed by atoms with E-state index >= 15 is 0 Å². The van der Waals surface area contributed by atoms with Gasteiger partial charge in [0, 0.05) is 13.0 Å². The van der Waals surface area contributed by atoms with Crippen LogP contribution in [0.5, 0.6) is 0 Å². The highest BCUT2D eigenvalue weighted by Crippen LogP contribution is 2.43. The molecule has 0 fully saturated rings. The second-order valence-electron chi connectivity index (χ2n) is 13.5.